The second-order valence-electron chi connectivity index (χ2n) is 6.85. The van der Waals surface area contributed by atoms with Gasteiger partial charge in [-0.3, -0.25) is 19.5 Å². The zero-order valence-electron chi connectivity index (χ0n) is 16.8. The Morgan fingerprint density at radius 3 is 2.03 bits per heavy atom. The van der Waals surface area contributed by atoms with Gasteiger partial charge < -0.3 is 5.73 Å². The number of rotatable bonds is 5. The lowest BCUT2D eigenvalue weighted by Crippen LogP contribution is -2.39. The van der Waals surface area contributed by atoms with Gasteiger partial charge in [0.15, 0.2) is 0 Å². The smallest absolute Gasteiger partial charge is 0.368 e. The van der Waals surface area contributed by atoms with Crippen molar-refractivity contribution < 1.29 is 40.3 Å². The predicted molar refractivity (Wildman–Crippen MR) is 105 cm³/mol. The second kappa shape index (κ2) is 9.08. The summed E-state index contributed by atoms with van der Waals surface area (Å²) in [5.74, 6) is -3.33. The molecule has 0 aliphatic heterocycles. The standard InChI is InChI=1S/C21H13F7N4O2/c22-14-4-2-1-3-12(14)13-5-6-30-9-15(13)32(10-18(29)33)19(34)11-7-16(20(23,24)25)31-17(8-11)21(26,27)28/h1-9H,10H2,(H2,29,33). The third-order valence-corrected chi connectivity index (χ3v) is 4.47. The van der Waals surface area contributed by atoms with Crippen molar-refractivity contribution in [2.75, 3.05) is 11.4 Å². The molecule has 0 fully saturated rings. The Morgan fingerprint density at radius 1 is 0.912 bits per heavy atom. The minimum Gasteiger partial charge on any atom is -0.368 e. The van der Waals surface area contributed by atoms with Gasteiger partial charge in [-0.2, -0.15) is 26.3 Å². The highest BCUT2D eigenvalue weighted by Crippen LogP contribution is 2.36. The number of hydrogen-bond donors (Lipinski definition) is 1. The molecule has 0 spiro atoms. The molecule has 34 heavy (non-hydrogen) atoms. The maximum absolute atomic E-state index is 14.4. The summed E-state index contributed by atoms with van der Waals surface area (Å²) in [4.78, 5) is 31.6. The maximum Gasteiger partial charge on any atom is 0.433 e. The maximum atomic E-state index is 14.4. The van der Waals surface area contributed by atoms with E-state index in [9.17, 15) is 40.3 Å². The van der Waals surface area contributed by atoms with Crippen molar-refractivity contribution in [2.45, 2.75) is 12.4 Å². The Morgan fingerprint density at radius 2 is 1.50 bits per heavy atom. The molecule has 2 aromatic heterocycles. The molecule has 2 heterocycles. The normalized spacial score (nSPS) is 11.9. The van der Waals surface area contributed by atoms with Gasteiger partial charge in [-0.25, -0.2) is 9.37 Å². The lowest BCUT2D eigenvalue weighted by Gasteiger charge is -2.24. The summed E-state index contributed by atoms with van der Waals surface area (Å²) in [6.07, 6.45) is -8.40. The molecule has 13 heteroatoms. The molecule has 3 rings (SSSR count). The van der Waals surface area contributed by atoms with Crippen molar-refractivity contribution in [3.8, 4) is 11.1 Å². The topological polar surface area (TPSA) is 89.2 Å². The lowest BCUT2D eigenvalue weighted by atomic mass is 10.0. The molecule has 0 saturated carbocycles. The van der Waals surface area contributed by atoms with E-state index in [4.69, 9.17) is 5.73 Å². The molecule has 0 aliphatic carbocycles. The zero-order valence-corrected chi connectivity index (χ0v) is 16.8. The zero-order chi connectivity index (χ0) is 25.3. The number of nitrogens with two attached hydrogens (primary N) is 1. The fraction of sp³-hybridized carbons (Fsp3) is 0.143. The van der Waals surface area contributed by atoms with Crippen LogP contribution in [0.4, 0.5) is 36.4 Å². The molecule has 1 aromatic carbocycles. The number of primary amides is 1. The first kappa shape index (κ1) is 24.6. The van der Waals surface area contributed by atoms with Gasteiger partial charge in [-0.05, 0) is 24.3 Å². The van der Waals surface area contributed by atoms with Crippen LogP contribution < -0.4 is 10.6 Å². The molecule has 2 amide bonds. The fourth-order valence-corrected chi connectivity index (χ4v) is 3.03. The van der Waals surface area contributed by atoms with Gasteiger partial charge in [0.1, 0.15) is 23.7 Å². The van der Waals surface area contributed by atoms with E-state index in [1.54, 1.807) is 0 Å². The van der Waals surface area contributed by atoms with E-state index in [-0.39, 0.29) is 28.9 Å². The quantitative estimate of drug-likeness (QED) is 0.540. The van der Waals surface area contributed by atoms with E-state index in [0.717, 1.165) is 12.3 Å². The minimum atomic E-state index is -5.31. The molecular formula is C21H13F7N4O2. The van der Waals surface area contributed by atoms with Crippen LogP contribution in [0.3, 0.4) is 0 Å². The number of pyridine rings is 2. The number of carbonyl (C=O) groups is 2. The average molecular weight is 486 g/mol. The first-order valence-electron chi connectivity index (χ1n) is 9.24. The molecule has 0 atom stereocenters. The highest BCUT2D eigenvalue weighted by atomic mass is 19.4. The van der Waals surface area contributed by atoms with Crippen molar-refractivity contribution in [3.05, 3.63) is 77.6 Å². The van der Waals surface area contributed by atoms with Crippen LogP contribution in [0.15, 0.2) is 54.9 Å². The van der Waals surface area contributed by atoms with E-state index in [0.29, 0.717) is 4.90 Å². The van der Waals surface area contributed by atoms with Gasteiger partial charge in [0, 0.05) is 22.9 Å². The summed E-state index contributed by atoms with van der Waals surface area (Å²) in [6.45, 7) is -0.947. The Hall–Kier alpha value is -4.03. The van der Waals surface area contributed by atoms with Crippen LogP contribution in [0.5, 0.6) is 0 Å². The Labute approximate surface area is 186 Å². The molecule has 0 unspecified atom stereocenters. The molecule has 0 saturated heterocycles. The number of aromatic nitrogens is 2. The van der Waals surface area contributed by atoms with Gasteiger partial charge in [-0.1, -0.05) is 18.2 Å². The summed E-state index contributed by atoms with van der Waals surface area (Å²) < 4.78 is 93.5. The Balaban J connectivity index is 2.21. The van der Waals surface area contributed by atoms with Crippen LogP contribution in [-0.2, 0) is 17.1 Å². The van der Waals surface area contributed by atoms with Gasteiger partial charge in [0.2, 0.25) is 5.91 Å². The van der Waals surface area contributed by atoms with Crippen molar-refractivity contribution >= 4 is 17.5 Å². The van der Waals surface area contributed by atoms with Crippen molar-refractivity contribution in [1.29, 1.82) is 0 Å². The molecule has 178 valence electrons. The van der Waals surface area contributed by atoms with Crippen molar-refractivity contribution in [1.82, 2.24) is 9.97 Å². The van der Waals surface area contributed by atoms with Gasteiger partial charge in [0.25, 0.3) is 5.91 Å². The highest BCUT2D eigenvalue weighted by Gasteiger charge is 2.40. The summed E-state index contributed by atoms with van der Waals surface area (Å²) >= 11 is 0. The van der Waals surface area contributed by atoms with Crippen LogP contribution in [0, 0.1) is 5.82 Å². The summed E-state index contributed by atoms with van der Waals surface area (Å²) in [6, 6.07) is 6.72. The van der Waals surface area contributed by atoms with E-state index < -0.39 is 53.5 Å². The molecule has 0 aliphatic rings. The Kier molecular flexibility index (Phi) is 6.57. The number of carbonyl (C=O) groups excluding carboxylic acids is 2. The van der Waals surface area contributed by atoms with Crippen LogP contribution in [0.1, 0.15) is 21.7 Å². The first-order valence-corrected chi connectivity index (χ1v) is 9.24. The van der Waals surface area contributed by atoms with E-state index in [1.165, 1.54) is 30.5 Å². The van der Waals surface area contributed by atoms with Crippen LogP contribution in [-0.4, -0.2) is 28.3 Å². The van der Waals surface area contributed by atoms with Crippen molar-refractivity contribution in [2.24, 2.45) is 5.73 Å². The second-order valence-corrected chi connectivity index (χ2v) is 6.85. The third-order valence-electron chi connectivity index (χ3n) is 4.47. The Bertz CT molecular complexity index is 1210. The lowest BCUT2D eigenvalue weighted by molar-refractivity contribution is -0.150. The first-order chi connectivity index (χ1) is 15.8. The fourth-order valence-electron chi connectivity index (χ4n) is 3.03. The number of nitrogens with zero attached hydrogens (tertiary/aromatic N) is 3. The van der Waals surface area contributed by atoms with E-state index >= 15 is 0 Å². The minimum absolute atomic E-state index is 0.0103. The van der Waals surface area contributed by atoms with E-state index in [1.807, 2.05) is 0 Å². The van der Waals surface area contributed by atoms with Crippen LogP contribution in [0.2, 0.25) is 0 Å². The summed E-state index contributed by atoms with van der Waals surface area (Å²) in [7, 11) is 0. The van der Waals surface area contributed by atoms with Gasteiger partial charge >= 0.3 is 12.4 Å². The predicted octanol–water partition coefficient (Wildman–Crippen LogP) is 4.45. The molecule has 0 radical (unpaired) electrons. The van der Waals surface area contributed by atoms with E-state index in [2.05, 4.69) is 9.97 Å². The molecule has 0 bridgehead atoms. The number of halogens is 7. The van der Waals surface area contributed by atoms with Crippen LogP contribution in [0.25, 0.3) is 11.1 Å². The molecule has 6 nitrogen and oxygen atoms in total. The molecule has 2 N–H and O–H groups in total. The van der Waals surface area contributed by atoms with Crippen LogP contribution >= 0.6 is 0 Å². The van der Waals surface area contributed by atoms with Gasteiger partial charge in [0.05, 0.1) is 11.9 Å². The number of anilines is 1. The number of amides is 2. The summed E-state index contributed by atoms with van der Waals surface area (Å²) in [5.41, 5.74) is -0.185. The summed E-state index contributed by atoms with van der Waals surface area (Å²) in [5, 5.41) is 0. The monoisotopic (exact) mass is 486 g/mol. The average Bonchev–Trinajstić information content (AvgIpc) is 2.76. The molecule has 3 aromatic rings. The SMILES string of the molecule is NC(=O)CN(C(=O)c1cc(C(F)(F)F)nc(C(F)(F)F)c1)c1cnccc1-c1ccccc1F. The number of alkyl halides is 6. The van der Waals surface area contributed by atoms with Gasteiger partial charge in [-0.15, -0.1) is 0 Å². The largest absolute Gasteiger partial charge is 0.433 e. The van der Waals surface area contributed by atoms with Crippen molar-refractivity contribution in [3.63, 3.8) is 0 Å². The number of hydrogen-bond acceptors (Lipinski definition) is 4. The highest BCUT2D eigenvalue weighted by molar-refractivity contribution is 6.10. The molecular weight excluding hydrogens is 473 g/mol. The number of benzene rings is 1. The third kappa shape index (κ3) is 5.30.